The summed E-state index contributed by atoms with van der Waals surface area (Å²) in [6.07, 6.45) is 3.75. The lowest BCUT2D eigenvalue weighted by Gasteiger charge is -2.08. The first-order chi connectivity index (χ1) is 5.94. The Hall–Kier alpha value is -0.380. The van der Waals surface area contributed by atoms with Crippen molar-refractivity contribution >= 4 is 14.9 Å². The standard InChI is InChI=1S/C9H17NO2S/c1-7(2)13(11,12)9(10)6-5-8-3-4-8/h7-8,10H,3-6H2,1-2H3. The van der Waals surface area contributed by atoms with Crippen LogP contribution in [0.3, 0.4) is 0 Å². The Kier molecular flexibility index (Phi) is 3.11. The van der Waals surface area contributed by atoms with Crippen molar-refractivity contribution in [3.63, 3.8) is 0 Å². The Bertz CT molecular complexity index is 289. The first-order valence-electron chi connectivity index (χ1n) is 4.76. The minimum atomic E-state index is -3.26. The van der Waals surface area contributed by atoms with Crippen molar-refractivity contribution < 1.29 is 8.42 Å². The first kappa shape index (κ1) is 10.7. The average Bonchev–Trinajstić information content (AvgIpc) is 2.82. The fourth-order valence-electron chi connectivity index (χ4n) is 1.17. The van der Waals surface area contributed by atoms with Crippen molar-refractivity contribution in [3.8, 4) is 0 Å². The molecule has 0 saturated heterocycles. The van der Waals surface area contributed by atoms with Gasteiger partial charge >= 0.3 is 0 Å². The lowest BCUT2D eigenvalue weighted by Crippen LogP contribution is -2.23. The van der Waals surface area contributed by atoms with Gasteiger partial charge in [0.15, 0.2) is 9.84 Å². The quantitative estimate of drug-likeness (QED) is 0.561. The highest BCUT2D eigenvalue weighted by Gasteiger charge is 2.26. The molecule has 0 radical (unpaired) electrons. The van der Waals surface area contributed by atoms with Gasteiger partial charge in [-0.1, -0.05) is 12.8 Å². The van der Waals surface area contributed by atoms with Gasteiger partial charge in [-0.15, -0.1) is 0 Å². The maximum Gasteiger partial charge on any atom is 0.193 e. The second kappa shape index (κ2) is 3.78. The van der Waals surface area contributed by atoms with E-state index in [9.17, 15) is 8.42 Å². The molecule has 1 aliphatic rings. The van der Waals surface area contributed by atoms with E-state index in [0.29, 0.717) is 12.3 Å². The molecule has 1 aliphatic carbocycles. The number of hydrogen-bond donors (Lipinski definition) is 1. The Labute approximate surface area is 80.0 Å². The van der Waals surface area contributed by atoms with Crippen LogP contribution in [0.15, 0.2) is 0 Å². The van der Waals surface area contributed by atoms with Crippen molar-refractivity contribution in [1.82, 2.24) is 0 Å². The van der Waals surface area contributed by atoms with Crippen LogP contribution in [0.2, 0.25) is 0 Å². The maximum atomic E-state index is 11.4. The fraction of sp³-hybridized carbons (Fsp3) is 0.889. The van der Waals surface area contributed by atoms with E-state index < -0.39 is 15.1 Å². The largest absolute Gasteiger partial charge is 0.294 e. The van der Waals surface area contributed by atoms with Gasteiger partial charge in [0, 0.05) is 6.42 Å². The van der Waals surface area contributed by atoms with Crippen LogP contribution in [-0.4, -0.2) is 18.7 Å². The van der Waals surface area contributed by atoms with Crippen molar-refractivity contribution in [2.75, 3.05) is 0 Å². The summed E-state index contributed by atoms with van der Waals surface area (Å²) in [5, 5.41) is 6.94. The van der Waals surface area contributed by atoms with Crippen LogP contribution in [0, 0.1) is 11.3 Å². The van der Waals surface area contributed by atoms with Gasteiger partial charge in [-0.25, -0.2) is 8.42 Å². The van der Waals surface area contributed by atoms with E-state index in [1.165, 1.54) is 12.8 Å². The van der Waals surface area contributed by atoms with E-state index in [1.807, 2.05) is 0 Å². The zero-order chi connectivity index (χ0) is 10.1. The van der Waals surface area contributed by atoms with Crippen molar-refractivity contribution in [2.45, 2.75) is 44.8 Å². The third kappa shape index (κ3) is 2.79. The molecule has 13 heavy (non-hydrogen) atoms. The predicted molar refractivity (Wildman–Crippen MR) is 53.7 cm³/mol. The van der Waals surface area contributed by atoms with E-state index >= 15 is 0 Å². The molecule has 0 aliphatic heterocycles. The summed E-state index contributed by atoms with van der Waals surface area (Å²) in [6, 6.07) is 0. The minimum absolute atomic E-state index is 0.0746. The summed E-state index contributed by atoms with van der Waals surface area (Å²) >= 11 is 0. The summed E-state index contributed by atoms with van der Waals surface area (Å²) in [5.74, 6) is 0.697. The molecule has 4 heteroatoms. The van der Waals surface area contributed by atoms with Crippen molar-refractivity contribution in [3.05, 3.63) is 0 Å². The number of sulfone groups is 1. The van der Waals surface area contributed by atoms with Crippen LogP contribution in [0.5, 0.6) is 0 Å². The monoisotopic (exact) mass is 203 g/mol. The molecular weight excluding hydrogens is 186 g/mol. The van der Waals surface area contributed by atoms with E-state index in [-0.39, 0.29) is 5.04 Å². The SMILES string of the molecule is CC(C)S(=O)(=O)C(=N)CCC1CC1. The fourth-order valence-corrected chi connectivity index (χ4v) is 2.14. The second-order valence-corrected chi connectivity index (χ2v) is 6.52. The molecule has 0 heterocycles. The molecule has 1 N–H and O–H groups in total. The van der Waals surface area contributed by atoms with Crippen LogP contribution < -0.4 is 0 Å². The van der Waals surface area contributed by atoms with Crippen molar-refractivity contribution in [2.24, 2.45) is 5.92 Å². The molecule has 1 fully saturated rings. The smallest absolute Gasteiger partial charge is 0.193 e. The summed E-state index contributed by atoms with van der Waals surface area (Å²) < 4.78 is 22.9. The van der Waals surface area contributed by atoms with Crippen LogP contribution in [0.25, 0.3) is 0 Å². The molecule has 1 rings (SSSR count). The lowest BCUT2D eigenvalue weighted by molar-refractivity contribution is 0.597. The summed E-state index contributed by atoms with van der Waals surface area (Å²) in [4.78, 5) is 0. The zero-order valence-corrected chi connectivity index (χ0v) is 9.02. The Morgan fingerprint density at radius 2 is 2.00 bits per heavy atom. The molecule has 1 saturated carbocycles. The summed E-state index contributed by atoms with van der Waals surface area (Å²) in [5.41, 5.74) is 0. The molecule has 76 valence electrons. The van der Waals surface area contributed by atoms with Crippen LogP contribution in [-0.2, 0) is 9.84 Å². The van der Waals surface area contributed by atoms with Gasteiger partial charge in [0.1, 0.15) is 5.04 Å². The second-order valence-electron chi connectivity index (χ2n) is 4.00. The highest BCUT2D eigenvalue weighted by Crippen LogP contribution is 2.33. The Balaban J connectivity index is 2.45. The van der Waals surface area contributed by atoms with E-state index in [1.54, 1.807) is 13.8 Å². The third-order valence-electron chi connectivity index (χ3n) is 2.44. The minimum Gasteiger partial charge on any atom is -0.294 e. The topological polar surface area (TPSA) is 58.0 Å². The predicted octanol–water partition coefficient (Wildman–Crippen LogP) is 1.98. The molecular formula is C9H17NO2S. The normalized spacial score (nSPS) is 17.8. The van der Waals surface area contributed by atoms with Gasteiger partial charge < -0.3 is 0 Å². The van der Waals surface area contributed by atoms with Crippen molar-refractivity contribution in [1.29, 1.82) is 5.41 Å². The van der Waals surface area contributed by atoms with Gasteiger partial charge in [0.2, 0.25) is 0 Å². The first-order valence-corrected chi connectivity index (χ1v) is 6.30. The Morgan fingerprint density at radius 3 is 2.38 bits per heavy atom. The average molecular weight is 203 g/mol. The van der Waals surface area contributed by atoms with Gasteiger partial charge in [0.25, 0.3) is 0 Å². The summed E-state index contributed by atoms with van der Waals surface area (Å²) in [7, 11) is -3.26. The van der Waals surface area contributed by atoms with Crippen LogP contribution in [0.4, 0.5) is 0 Å². The molecule has 0 aromatic heterocycles. The third-order valence-corrected chi connectivity index (χ3v) is 4.57. The number of nitrogens with one attached hydrogen (secondary N) is 1. The summed E-state index contributed by atoms with van der Waals surface area (Å²) in [6.45, 7) is 3.25. The van der Waals surface area contributed by atoms with Gasteiger partial charge in [-0.05, 0) is 26.2 Å². The maximum absolute atomic E-state index is 11.4. The van der Waals surface area contributed by atoms with Crippen LogP contribution >= 0.6 is 0 Å². The highest BCUT2D eigenvalue weighted by molar-refractivity contribution is 8.06. The highest BCUT2D eigenvalue weighted by atomic mass is 32.2. The molecule has 0 aromatic rings. The van der Waals surface area contributed by atoms with Gasteiger partial charge in [-0.2, -0.15) is 0 Å². The molecule has 0 unspecified atom stereocenters. The molecule has 0 bridgehead atoms. The van der Waals surface area contributed by atoms with E-state index in [2.05, 4.69) is 0 Å². The molecule has 0 atom stereocenters. The van der Waals surface area contributed by atoms with Gasteiger partial charge in [-0.3, -0.25) is 5.41 Å². The van der Waals surface area contributed by atoms with Gasteiger partial charge in [0.05, 0.1) is 5.25 Å². The van der Waals surface area contributed by atoms with E-state index in [0.717, 1.165) is 6.42 Å². The Morgan fingerprint density at radius 1 is 1.46 bits per heavy atom. The zero-order valence-electron chi connectivity index (χ0n) is 8.21. The molecule has 0 spiro atoms. The number of hydrogen-bond acceptors (Lipinski definition) is 3. The molecule has 3 nitrogen and oxygen atoms in total. The van der Waals surface area contributed by atoms with Crippen LogP contribution in [0.1, 0.15) is 39.5 Å². The molecule has 0 aromatic carbocycles. The molecule has 0 amide bonds. The van der Waals surface area contributed by atoms with E-state index in [4.69, 9.17) is 5.41 Å². The number of rotatable bonds is 4. The lowest BCUT2D eigenvalue weighted by atomic mass is 10.2.